The van der Waals surface area contributed by atoms with Gasteiger partial charge in [-0.3, -0.25) is 9.97 Å². The highest BCUT2D eigenvalue weighted by atomic mass is 16.5. The summed E-state index contributed by atoms with van der Waals surface area (Å²) in [4.78, 5) is 13.8. The number of fused-ring (bicyclic) bond motifs is 2. The highest BCUT2D eigenvalue weighted by Crippen LogP contribution is 2.33. The third kappa shape index (κ3) is 3.63. The fourth-order valence-electron chi connectivity index (χ4n) is 4.35. The third-order valence-corrected chi connectivity index (χ3v) is 6.12. The molecule has 0 aliphatic carbocycles. The van der Waals surface area contributed by atoms with E-state index in [1.54, 1.807) is 26.6 Å². The number of benzene rings is 2. The average Bonchev–Trinajstić information content (AvgIpc) is 3.48. The van der Waals surface area contributed by atoms with Gasteiger partial charge in [0.25, 0.3) is 5.69 Å². The van der Waals surface area contributed by atoms with Crippen molar-refractivity contribution >= 4 is 22.6 Å². The van der Waals surface area contributed by atoms with E-state index in [0.29, 0.717) is 0 Å². The van der Waals surface area contributed by atoms with Crippen LogP contribution in [-0.2, 0) is 0 Å². The van der Waals surface area contributed by atoms with Crippen LogP contribution in [0, 0.1) is 0 Å². The van der Waals surface area contributed by atoms with Crippen molar-refractivity contribution in [1.29, 1.82) is 0 Å². The van der Waals surface area contributed by atoms with Crippen LogP contribution in [0.3, 0.4) is 0 Å². The Morgan fingerprint density at radius 2 is 1.51 bits per heavy atom. The molecule has 0 spiro atoms. The first-order chi connectivity index (χ1) is 17.2. The van der Waals surface area contributed by atoms with Crippen LogP contribution in [0.1, 0.15) is 11.3 Å². The molecule has 0 fully saturated rings. The van der Waals surface area contributed by atoms with Crippen molar-refractivity contribution in [1.82, 2.24) is 14.4 Å². The zero-order valence-corrected chi connectivity index (χ0v) is 19.3. The Hall–Kier alpha value is -4.78. The lowest BCUT2D eigenvalue weighted by atomic mass is 10.1. The van der Waals surface area contributed by atoms with E-state index in [1.165, 1.54) is 0 Å². The summed E-state index contributed by atoms with van der Waals surface area (Å²) in [6.07, 6.45) is 13.2. The van der Waals surface area contributed by atoms with Crippen LogP contribution >= 0.6 is 0 Å². The molecule has 5 aromatic rings. The summed E-state index contributed by atoms with van der Waals surface area (Å²) < 4.78 is 14.8. The molecule has 3 aromatic heterocycles. The molecule has 1 aliphatic heterocycles. The molecule has 0 bridgehead atoms. The smallest absolute Gasteiger partial charge is 0.255 e. The molecular formula is C28H22N5O2+. The Kier molecular flexibility index (Phi) is 5.07. The van der Waals surface area contributed by atoms with Gasteiger partial charge < -0.3 is 13.9 Å². The highest BCUT2D eigenvalue weighted by molar-refractivity contribution is 6.13. The maximum absolute atomic E-state index is 5.32. The molecule has 6 rings (SSSR count). The normalized spacial score (nSPS) is 13.7. The second kappa shape index (κ2) is 8.53. The molecule has 2 aromatic carbocycles. The maximum atomic E-state index is 5.32. The molecule has 0 radical (unpaired) electrons. The molecule has 0 N–H and O–H groups in total. The molecule has 0 saturated carbocycles. The van der Waals surface area contributed by atoms with E-state index in [9.17, 15) is 0 Å². The lowest BCUT2D eigenvalue weighted by molar-refractivity contribution is -0.578. The van der Waals surface area contributed by atoms with E-state index in [1.807, 2.05) is 73.3 Å². The van der Waals surface area contributed by atoms with Crippen LogP contribution in [0.15, 0.2) is 103 Å². The quantitative estimate of drug-likeness (QED) is 0.356. The molecule has 170 valence electrons. The molecule has 4 heterocycles. The monoisotopic (exact) mass is 460 g/mol. The number of rotatable bonds is 5. The Morgan fingerprint density at radius 3 is 2.23 bits per heavy atom. The fourth-order valence-corrected chi connectivity index (χ4v) is 4.35. The minimum Gasteiger partial charge on any atom is -0.497 e. The number of ether oxygens (including phenoxy) is 2. The molecule has 0 unspecified atom stereocenters. The molecule has 0 atom stereocenters. The SMILES string of the molecule is COc1ccc(C2=C/C(=N\c3cc(-c4ccc(OC)cc4)n4ccncc34)c3cncc[n+]32)cc1. The van der Waals surface area contributed by atoms with Crippen LogP contribution in [0.2, 0.25) is 0 Å². The second-order valence-electron chi connectivity index (χ2n) is 8.06. The summed E-state index contributed by atoms with van der Waals surface area (Å²) in [5, 5.41) is 0. The average molecular weight is 461 g/mol. The molecule has 7 nitrogen and oxygen atoms in total. The second-order valence-corrected chi connectivity index (χ2v) is 8.06. The molecule has 35 heavy (non-hydrogen) atoms. The van der Waals surface area contributed by atoms with Gasteiger partial charge in [0.2, 0.25) is 5.70 Å². The van der Waals surface area contributed by atoms with Gasteiger partial charge in [-0.1, -0.05) is 0 Å². The first-order valence-electron chi connectivity index (χ1n) is 11.2. The Morgan fingerprint density at radius 1 is 0.829 bits per heavy atom. The van der Waals surface area contributed by atoms with Crippen molar-refractivity contribution in [3.63, 3.8) is 0 Å². The van der Waals surface area contributed by atoms with Gasteiger partial charge in [0, 0.05) is 24.0 Å². The predicted octanol–water partition coefficient (Wildman–Crippen LogP) is 4.72. The number of allylic oxidation sites excluding steroid dienone is 1. The third-order valence-electron chi connectivity index (χ3n) is 6.12. The van der Waals surface area contributed by atoms with Gasteiger partial charge in [-0.05, 0) is 60.2 Å². The van der Waals surface area contributed by atoms with Crippen molar-refractivity contribution < 1.29 is 14.0 Å². The standard InChI is InChI=1S/C28H22N5O2/c1-34-21-7-3-19(4-8-21)25-15-23(27-17-29-11-13-32(25)27)31-24-16-26(33-14-12-30-18-28(24)33)20-5-9-22(35-2)10-6-20/h3-18H,1-2H3/q+1. The Labute approximate surface area is 202 Å². The maximum Gasteiger partial charge on any atom is 0.255 e. The van der Waals surface area contributed by atoms with Crippen LogP contribution < -0.4 is 14.0 Å². The van der Waals surface area contributed by atoms with E-state index in [0.717, 1.165) is 56.6 Å². The number of nitrogens with zero attached hydrogens (tertiary/aromatic N) is 5. The van der Waals surface area contributed by atoms with Gasteiger partial charge in [-0.2, -0.15) is 4.57 Å². The number of methoxy groups -OCH3 is 2. The van der Waals surface area contributed by atoms with Crippen LogP contribution in [-0.4, -0.2) is 34.3 Å². The topological polar surface area (TPSA) is 64.9 Å². The van der Waals surface area contributed by atoms with Crippen molar-refractivity contribution in [2.75, 3.05) is 14.2 Å². The molecule has 0 amide bonds. The number of aliphatic imine (C=N–C) groups is 1. The minimum atomic E-state index is 0.819. The van der Waals surface area contributed by atoms with Crippen LogP contribution in [0.25, 0.3) is 22.5 Å². The molecule has 7 heteroatoms. The largest absolute Gasteiger partial charge is 0.497 e. The lowest BCUT2D eigenvalue weighted by Crippen LogP contribution is -2.34. The summed E-state index contributed by atoms with van der Waals surface area (Å²) in [6.45, 7) is 0. The zero-order chi connectivity index (χ0) is 23.8. The summed E-state index contributed by atoms with van der Waals surface area (Å²) in [6, 6.07) is 18.1. The molecular weight excluding hydrogens is 438 g/mol. The van der Waals surface area contributed by atoms with Crippen LogP contribution in [0.5, 0.6) is 11.5 Å². The number of hydrogen-bond donors (Lipinski definition) is 0. The van der Waals surface area contributed by atoms with Crippen LogP contribution in [0.4, 0.5) is 5.69 Å². The van der Waals surface area contributed by atoms with Crippen molar-refractivity contribution in [2.24, 2.45) is 4.99 Å². The van der Waals surface area contributed by atoms with Gasteiger partial charge in [0.05, 0.1) is 43.5 Å². The number of hydrogen-bond acceptors (Lipinski definition) is 5. The molecule has 0 saturated heterocycles. The van der Waals surface area contributed by atoms with Gasteiger partial charge in [-0.25, -0.2) is 4.99 Å². The van der Waals surface area contributed by atoms with Gasteiger partial charge in [-0.15, -0.1) is 0 Å². The van der Waals surface area contributed by atoms with Crippen molar-refractivity contribution in [2.45, 2.75) is 0 Å². The van der Waals surface area contributed by atoms with Crippen molar-refractivity contribution in [3.8, 4) is 22.8 Å². The summed E-state index contributed by atoms with van der Waals surface area (Å²) in [5.41, 5.74) is 7.71. The van der Waals surface area contributed by atoms with E-state index in [-0.39, 0.29) is 0 Å². The summed E-state index contributed by atoms with van der Waals surface area (Å²) >= 11 is 0. The van der Waals surface area contributed by atoms with E-state index < -0.39 is 0 Å². The first-order valence-corrected chi connectivity index (χ1v) is 11.2. The zero-order valence-electron chi connectivity index (χ0n) is 19.3. The Balaban J connectivity index is 1.49. The van der Waals surface area contributed by atoms with E-state index in [2.05, 4.69) is 31.1 Å². The highest BCUT2D eigenvalue weighted by Gasteiger charge is 2.30. The van der Waals surface area contributed by atoms with Gasteiger partial charge in [0.1, 0.15) is 23.4 Å². The molecule has 1 aliphatic rings. The fraction of sp³-hybridized carbons (Fsp3) is 0.0714. The lowest BCUT2D eigenvalue weighted by Gasteiger charge is -2.04. The van der Waals surface area contributed by atoms with Crippen molar-refractivity contribution in [3.05, 3.63) is 109 Å². The van der Waals surface area contributed by atoms with E-state index >= 15 is 0 Å². The summed E-state index contributed by atoms with van der Waals surface area (Å²) in [5.74, 6) is 1.64. The summed E-state index contributed by atoms with van der Waals surface area (Å²) in [7, 11) is 3.34. The first kappa shape index (κ1) is 20.8. The minimum absolute atomic E-state index is 0.819. The predicted molar refractivity (Wildman–Crippen MR) is 134 cm³/mol. The van der Waals surface area contributed by atoms with Gasteiger partial charge in [0.15, 0.2) is 6.20 Å². The number of aromatic nitrogens is 4. The Bertz CT molecular complexity index is 1600. The van der Waals surface area contributed by atoms with Gasteiger partial charge >= 0.3 is 0 Å². The van der Waals surface area contributed by atoms with E-state index in [4.69, 9.17) is 14.5 Å².